The van der Waals surface area contributed by atoms with Crippen molar-refractivity contribution >= 4 is 11.6 Å². The van der Waals surface area contributed by atoms with Gasteiger partial charge in [0.25, 0.3) is 5.91 Å². The number of benzene rings is 2. The lowest BCUT2D eigenvalue weighted by molar-refractivity contribution is 0.0303. The maximum Gasteiger partial charge on any atom is 0.254 e. The molecule has 7 heteroatoms. The van der Waals surface area contributed by atoms with Crippen molar-refractivity contribution in [1.82, 2.24) is 14.9 Å². The van der Waals surface area contributed by atoms with Gasteiger partial charge in [0.1, 0.15) is 11.4 Å². The number of allylic oxidation sites excluding steroid dienone is 2. The lowest BCUT2D eigenvalue weighted by atomic mass is 10.1. The molecule has 1 aliphatic rings. The van der Waals surface area contributed by atoms with Crippen LogP contribution in [-0.2, 0) is 4.74 Å². The molecule has 0 radical (unpaired) electrons. The standard InChI is InChI=1S/C30H30N4O3/c1-4-27(15-10-24-16-17-31-29(22-24)37-28-8-6-5-7-9-28)33(3)32-23(2)25-11-13-26(14-12-25)30(35)34-18-20-36-21-19-34/h4-9,11-14,16-17,22H,18-21H2,1-3H3. The van der Waals surface area contributed by atoms with Gasteiger partial charge in [-0.15, -0.1) is 0 Å². The third kappa shape index (κ3) is 7.06. The molecule has 37 heavy (non-hydrogen) atoms. The van der Waals surface area contributed by atoms with Gasteiger partial charge in [0.2, 0.25) is 5.88 Å². The molecule has 188 valence electrons. The maximum absolute atomic E-state index is 12.7. The molecule has 0 saturated carbocycles. The number of carbonyl (C=O) groups excluding carboxylic acids is 1. The zero-order valence-corrected chi connectivity index (χ0v) is 21.3. The molecule has 3 aromatic rings. The largest absolute Gasteiger partial charge is 0.439 e. The molecule has 1 aromatic heterocycles. The lowest BCUT2D eigenvalue weighted by Crippen LogP contribution is -2.40. The van der Waals surface area contributed by atoms with E-state index in [1.807, 2.05) is 98.6 Å². The number of para-hydroxylation sites is 1. The van der Waals surface area contributed by atoms with E-state index < -0.39 is 0 Å². The Balaban J connectivity index is 1.42. The molecule has 4 rings (SSSR count). The van der Waals surface area contributed by atoms with Gasteiger partial charge in [0.05, 0.1) is 18.9 Å². The average molecular weight is 495 g/mol. The molecule has 0 aliphatic carbocycles. The maximum atomic E-state index is 12.7. The molecule has 0 N–H and O–H groups in total. The monoisotopic (exact) mass is 494 g/mol. The molecule has 2 heterocycles. The fraction of sp³-hybridized carbons (Fsp3) is 0.233. The minimum absolute atomic E-state index is 0.0291. The predicted octanol–water partition coefficient (Wildman–Crippen LogP) is 4.96. The van der Waals surface area contributed by atoms with Gasteiger partial charge in [-0.05, 0) is 55.7 Å². The number of aromatic nitrogens is 1. The summed E-state index contributed by atoms with van der Waals surface area (Å²) in [6.07, 6.45) is 3.59. The number of amides is 1. The van der Waals surface area contributed by atoms with Crippen LogP contribution in [0, 0.1) is 11.8 Å². The van der Waals surface area contributed by atoms with Gasteiger partial charge in [-0.2, -0.15) is 5.10 Å². The first-order chi connectivity index (χ1) is 18.0. The van der Waals surface area contributed by atoms with Crippen molar-refractivity contribution in [2.75, 3.05) is 33.4 Å². The zero-order valence-electron chi connectivity index (χ0n) is 21.3. The van der Waals surface area contributed by atoms with Crippen LogP contribution in [0.1, 0.15) is 35.3 Å². The molecule has 2 aromatic carbocycles. The summed E-state index contributed by atoms with van der Waals surface area (Å²) in [4.78, 5) is 18.8. The highest BCUT2D eigenvalue weighted by atomic mass is 16.5. The Hall–Kier alpha value is -4.41. The number of pyridine rings is 1. The predicted molar refractivity (Wildman–Crippen MR) is 145 cm³/mol. The summed E-state index contributed by atoms with van der Waals surface area (Å²) < 4.78 is 11.1. The van der Waals surface area contributed by atoms with Crippen molar-refractivity contribution in [3.05, 3.63) is 101 Å². The van der Waals surface area contributed by atoms with Crippen molar-refractivity contribution in [2.24, 2.45) is 5.10 Å². The Morgan fingerprint density at radius 1 is 1.08 bits per heavy atom. The Morgan fingerprint density at radius 2 is 1.78 bits per heavy atom. The van der Waals surface area contributed by atoms with E-state index in [0.29, 0.717) is 37.7 Å². The lowest BCUT2D eigenvalue weighted by Gasteiger charge is -2.26. The Labute approximate surface area is 218 Å². The van der Waals surface area contributed by atoms with Crippen molar-refractivity contribution in [1.29, 1.82) is 0 Å². The fourth-order valence-corrected chi connectivity index (χ4v) is 3.77. The van der Waals surface area contributed by atoms with Gasteiger partial charge >= 0.3 is 0 Å². The highest BCUT2D eigenvalue weighted by Crippen LogP contribution is 2.19. The van der Waals surface area contributed by atoms with E-state index in [4.69, 9.17) is 14.6 Å². The third-order valence-electron chi connectivity index (χ3n) is 5.81. The van der Waals surface area contributed by atoms with Crippen LogP contribution in [0.3, 0.4) is 0 Å². The molecule has 1 amide bonds. The molecule has 0 atom stereocenters. The van der Waals surface area contributed by atoms with Gasteiger partial charge in [0.15, 0.2) is 0 Å². The topological polar surface area (TPSA) is 67.3 Å². The second-order valence-electron chi connectivity index (χ2n) is 8.41. The molecule has 1 fully saturated rings. The Kier molecular flexibility index (Phi) is 8.69. The number of rotatable bonds is 6. The minimum atomic E-state index is 0.0291. The normalized spacial score (nSPS) is 14.0. The van der Waals surface area contributed by atoms with Gasteiger partial charge < -0.3 is 14.4 Å². The van der Waals surface area contributed by atoms with Crippen molar-refractivity contribution in [3.8, 4) is 23.5 Å². The van der Waals surface area contributed by atoms with E-state index in [2.05, 4.69) is 16.8 Å². The van der Waals surface area contributed by atoms with E-state index in [0.717, 1.165) is 28.3 Å². The van der Waals surface area contributed by atoms with E-state index in [9.17, 15) is 4.79 Å². The number of morpholine rings is 1. The number of ether oxygens (including phenoxy) is 2. The van der Waals surface area contributed by atoms with Crippen LogP contribution >= 0.6 is 0 Å². The first-order valence-electron chi connectivity index (χ1n) is 12.2. The molecule has 1 aliphatic heterocycles. The highest BCUT2D eigenvalue weighted by Gasteiger charge is 2.18. The van der Waals surface area contributed by atoms with Gasteiger partial charge in [-0.1, -0.05) is 42.3 Å². The molecule has 7 nitrogen and oxygen atoms in total. The second kappa shape index (κ2) is 12.5. The molecule has 0 spiro atoms. The molecular formula is C30H30N4O3. The van der Waals surface area contributed by atoms with Crippen molar-refractivity contribution in [3.63, 3.8) is 0 Å². The molecule has 0 bridgehead atoms. The summed E-state index contributed by atoms with van der Waals surface area (Å²) in [7, 11) is 1.86. The molecular weight excluding hydrogens is 464 g/mol. The second-order valence-corrected chi connectivity index (χ2v) is 8.41. The molecule has 1 saturated heterocycles. The zero-order chi connectivity index (χ0) is 26.0. The van der Waals surface area contributed by atoms with Crippen LogP contribution in [0.25, 0.3) is 0 Å². The first-order valence-corrected chi connectivity index (χ1v) is 12.2. The highest BCUT2D eigenvalue weighted by molar-refractivity contribution is 6.00. The summed E-state index contributed by atoms with van der Waals surface area (Å²) in [5.41, 5.74) is 3.96. The van der Waals surface area contributed by atoms with Crippen LogP contribution in [0.15, 0.2) is 89.8 Å². The van der Waals surface area contributed by atoms with E-state index >= 15 is 0 Å². The van der Waals surface area contributed by atoms with Crippen LogP contribution in [0.5, 0.6) is 11.6 Å². The third-order valence-corrected chi connectivity index (χ3v) is 5.81. The summed E-state index contributed by atoms with van der Waals surface area (Å²) in [6.45, 7) is 6.28. The first kappa shape index (κ1) is 25.7. The summed E-state index contributed by atoms with van der Waals surface area (Å²) >= 11 is 0. The smallest absolute Gasteiger partial charge is 0.254 e. The minimum Gasteiger partial charge on any atom is -0.439 e. The summed E-state index contributed by atoms with van der Waals surface area (Å²) in [5.74, 6) is 7.58. The van der Waals surface area contributed by atoms with Crippen LogP contribution < -0.4 is 4.74 Å². The Morgan fingerprint density at radius 3 is 2.49 bits per heavy atom. The fourth-order valence-electron chi connectivity index (χ4n) is 3.77. The van der Waals surface area contributed by atoms with Crippen molar-refractivity contribution < 1.29 is 14.3 Å². The van der Waals surface area contributed by atoms with E-state index in [1.165, 1.54) is 0 Å². The summed E-state index contributed by atoms with van der Waals surface area (Å²) in [5, 5.41) is 6.45. The summed E-state index contributed by atoms with van der Waals surface area (Å²) in [6, 6.07) is 20.7. The number of hydrogen-bond donors (Lipinski definition) is 0. The Bertz CT molecular complexity index is 1330. The van der Waals surface area contributed by atoms with Crippen molar-refractivity contribution in [2.45, 2.75) is 13.8 Å². The van der Waals surface area contributed by atoms with Gasteiger partial charge in [0, 0.05) is 43.5 Å². The van der Waals surface area contributed by atoms with Crippen LogP contribution in [-0.4, -0.2) is 59.9 Å². The number of hydrogen-bond acceptors (Lipinski definition) is 6. The van der Waals surface area contributed by atoms with Crippen LogP contribution in [0.4, 0.5) is 0 Å². The van der Waals surface area contributed by atoms with E-state index in [-0.39, 0.29) is 5.91 Å². The van der Waals surface area contributed by atoms with Crippen LogP contribution in [0.2, 0.25) is 0 Å². The van der Waals surface area contributed by atoms with Gasteiger partial charge in [-0.3, -0.25) is 9.80 Å². The number of hydrazone groups is 1. The average Bonchev–Trinajstić information content (AvgIpc) is 2.94. The molecule has 0 unspecified atom stereocenters. The number of nitrogens with zero attached hydrogens (tertiary/aromatic N) is 4. The number of carbonyl (C=O) groups is 1. The quantitative estimate of drug-likeness (QED) is 0.275. The van der Waals surface area contributed by atoms with E-state index in [1.54, 1.807) is 11.2 Å². The SMILES string of the molecule is CC=C(C#Cc1ccnc(Oc2ccccc2)c1)N(C)N=C(C)c1ccc(C(=O)N2CCOCC2)cc1. The van der Waals surface area contributed by atoms with Gasteiger partial charge in [-0.25, -0.2) is 4.98 Å².